The van der Waals surface area contributed by atoms with E-state index in [9.17, 15) is 4.79 Å². The average molecular weight is 224 g/mol. The molecule has 0 aliphatic carbocycles. The van der Waals surface area contributed by atoms with Crippen molar-refractivity contribution in [2.24, 2.45) is 0 Å². The summed E-state index contributed by atoms with van der Waals surface area (Å²) in [4.78, 5) is 11.3. The molecule has 0 radical (unpaired) electrons. The number of ether oxygens (including phenoxy) is 2. The van der Waals surface area contributed by atoms with Gasteiger partial charge in [0.2, 0.25) is 0 Å². The largest absolute Gasteiger partial charge is 0.462 e. The average Bonchev–Trinajstić information content (AvgIpc) is 2.16. The first-order valence-corrected chi connectivity index (χ1v) is 5.15. The van der Waals surface area contributed by atoms with Gasteiger partial charge in [-0.3, -0.25) is 0 Å². The molecule has 3 heteroatoms. The lowest BCUT2D eigenvalue weighted by atomic mass is 10.2. The van der Waals surface area contributed by atoms with E-state index in [1.165, 1.54) is 0 Å². The minimum atomic E-state index is -0.414. The van der Waals surface area contributed by atoms with Gasteiger partial charge in [0, 0.05) is 6.42 Å². The Morgan fingerprint density at radius 3 is 2.19 bits per heavy atom. The van der Waals surface area contributed by atoms with Gasteiger partial charge in [-0.1, -0.05) is 24.3 Å². The molecule has 0 saturated carbocycles. The van der Waals surface area contributed by atoms with Crippen LogP contribution in [0.2, 0.25) is 0 Å². The molecule has 0 aliphatic heterocycles. The SMILES string of the molecule is C=C(C)CCOC(=O)C(=C)COCC(=C)C. The molecule has 0 aromatic rings. The third-order valence-electron chi connectivity index (χ3n) is 1.68. The molecule has 90 valence electrons. The normalized spacial score (nSPS) is 9.62. The summed E-state index contributed by atoms with van der Waals surface area (Å²) in [6, 6.07) is 0. The summed E-state index contributed by atoms with van der Waals surface area (Å²) in [7, 11) is 0. The van der Waals surface area contributed by atoms with Crippen LogP contribution in [0.3, 0.4) is 0 Å². The van der Waals surface area contributed by atoms with Gasteiger partial charge in [-0.25, -0.2) is 4.79 Å². The molecule has 0 unspecified atom stereocenters. The Morgan fingerprint density at radius 2 is 1.69 bits per heavy atom. The molecule has 0 rings (SSSR count). The lowest BCUT2D eigenvalue weighted by molar-refractivity contribution is -0.139. The smallest absolute Gasteiger partial charge is 0.335 e. The van der Waals surface area contributed by atoms with Gasteiger partial charge in [0.15, 0.2) is 0 Å². The zero-order chi connectivity index (χ0) is 12.6. The fraction of sp³-hybridized carbons (Fsp3) is 0.462. The molecule has 0 bridgehead atoms. The van der Waals surface area contributed by atoms with Gasteiger partial charge in [0.25, 0.3) is 0 Å². The summed E-state index contributed by atoms with van der Waals surface area (Å²) in [6.07, 6.45) is 0.672. The highest BCUT2D eigenvalue weighted by molar-refractivity contribution is 5.87. The first-order valence-electron chi connectivity index (χ1n) is 5.15. The molecule has 0 N–H and O–H groups in total. The molecule has 0 aromatic heterocycles. The maximum absolute atomic E-state index is 11.3. The summed E-state index contributed by atoms with van der Waals surface area (Å²) in [5.74, 6) is -0.414. The Hall–Kier alpha value is -1.35. The maximum atomic E-state index is 11.3. The Morgan fingerprint density at radius 1 is 1.06 bits per heavy atom. The molecule has 16 heavy (non-hydrogen) atoms. The monoisotopic (exact) mass is 224 g/mol. The summed E-state index contributed by atoms with van der Waals surface area (Å²) in [6.45, 7) is 15.7. The molecule has 0 fully saturated rings. The van der Waals surface area contributed by atoms with Gasteiger partial charge in [0.1, 0.15) is 0 Å². The van der Waals surface area contributed by atoms with E-state index in [1.807, 2.05) is 13.8 Å². The second kappa shape index (κ2) is 7.88. The van der Waals surface area contributed by atoms with Gasteiger partial charge in [-0.05, 0) is 13.8 Å². The molecule has 0 aromatic carbocycles. The predicted molar refractivity (Wildman–Crippen MR) is 65.2 cm³/mol. The fourth-order valence-corrected chi connectivity index (χ4v) is 0.827. The quantitative estimate of drug-likeness (QED) is 0.361. The van der Waals surface area contributed by atoms with Crippen LogP contribution in [-0.4, -0.2) is 25.8 Å². The van der Waals surface area contributed by atoms with Crippen LogP contribution in [0.4, 0.5) is 0 Å². The van der Waals surface area contributed by atoms with E-state index in [4.69, 9.17) is 9.47 Å². The second-order valence-electron chi connectivity index (χ2n) is 3.90. The van der Waals surface area contributed by atoms with Gasteiger partial charge < -0.3 is 9.47 Å². The van der Waals surface area contributed by atoms with E-state index in [-0.39, 0.29) is 6.61 Å². The first kappa shape index (κ1) is 14.6. The summed E-state index contributed by atoms with van der Waals surface area (Å²) in [5.41, 5.74) is 2.21. The second-order valence-corrected chi connectivity index (χ2v) is 3.90. The Balaban J connectivity index is 3.69. The number of hydrogen-bond acceptors (Lipinski definition) is 3. The highest BCUT2D eigenvalue weighted by Crippen LogP contribution is 2.01. The third-order valence-corrected chi connectivity index (χ3v) is 1.68. The maximum Gasteiger partial charge on any atom is 0.335 e. The lowest BCUT2D eigenvalue weighted by Gasteiger charge is -2.07. The number of carbonyl (C=O) groups is 1. The van der Waals surface area contributed by atoms with Crippen molar-refractivity contribution >= 4 is 5.97 Å². The van der Waals surface area contributed by atoms with Crippen LogP contribution >= 0.6 is 0 Å². The lowest BCUT2D eigenvalue weighted by Crippen LogP contribution is -2.13. The van der Waals surface area contributed by atoms with Crippen molar-refractivity contribution < 1.29 is 14.3 Å². The summed E-state index contributed by atoms with van der Waals surface area (Å²) in [5, 5.41) is 0. The minimum absolute atomic E-state index is 0.179. The molecular weight excluding hydrogens is 204 g/mol. The molecule has 3 nitrogen and oxygen atoms in total. The van der Waals surface area contributed by atoms with Crippen LogP contribution in [0.15, 0.2) is 36.5 Å². The fourth-order valence-electron chi connectivity index (χ4n) is 0.827. The van der Waals surface area contributed by atoms with Crippen molar-refractivity contribution in [1.82, 2.24) is 0 Å². The van der Waals surface area contributed by atoms with Crippen LogP contribution in [0.25, 0.3) is 0 Å². The van der Waals surface area contributed by atoms with Crippen LogP contribution in [0, 0.1) is 0 Å². The standard InChI is InChI=1S/C13H20O3/c1-10(2)6-7-16-13(14)12(5)9-15-8-11(3)4/h1,3,5-9H2,2,4H3. The van der Waals surface area contributed by atoms with Crippen LogP contribution in [-0.2, 0) is 14.3 Å². The van der Waals surface area contributed by atoms with Gasteiger partial charge >= 0.3 is 5.97 Å². The van der Waals surface area contributed by atoms with E-state index < -0.39 is 5.97 Å². The van der Waals surface area contributed by atoms with Crippen molar-refractivity contribution in [1.29, 1.82) is 0 Å². The highest BCUT2D eigenvalue weighted by atomic mass is 16.5. The first-order chi connectivity index (χ1) is 7.43. The van der Waals surface area contributed by atoms with Crippen molar-refractivity contribution in [3.05, 3.63) is 36.5 Å². The predicted octanol–water partition coefficient (Wildman–Crippen LogP) is 2.64. The Bertz CT molecular complexity index is 260. The molecule has 0 amide bonds. The van der Waals surface area contributed by atoms with E-state index in [2.05, 4.69) is 19.7 Å². The zero-order valence-electron chi connectivity index (χ0n) is 10.2. The molecule has 0 aliphatic rings. The molecule has 0 heterocycles. The van der Waals surface area contributed by atoms with Gasteiger partial charge in [-0.2, -0.15) is 0 Å². The third kappa shape index (κ3) is 8.00. The van der Waals surface area contributed by atoms with E-state index in [1.54, 1.807) is 0 Å². The van der Waals surface area contributed by atoms with E-state index in [0.717, 1.165) is 11.1 Å². The van der Waals surface area contributed by atoms with Gasteiger partial charge in [0.05, 0.1) is 25.4 Å². The number of esters is 1. The van der Waals surface area contributed by atoms with E-state index in [0.29, 0.717) is 25.2 Å². The summed E-state index contributed by atoms with van der Waals surface area (Å²) < 4.78 is 10.2. The van der Waals surface area contributed by atoms with Crippen molar-refractivity contribution in [3.63, 3.8) is 0 Å². The van der Waals surface area contributed by atoms with Crippen LogP contribution in [0.5, 0.6) is 0 Å². The molecule has 0 atom stereocenters. The minimum Gasteiger partial charge on any atom is -0.462 e. The van der Waals surface area contributed by atoms with Crippen molar-refractivity contribution in [2.75, 3.05) is 19.8 Å². The highest BCUT2D eigenvalue weighted by Gasteiger charge is 2.08. The molecule has 0 saturated heterocycles. The molecule has 0 spiro atoms. The Labute approximate surface area is 97.4 Å². The summed E-state index contributed by atoms with van der Waals surface area (Å²) >= 11 is 0. The van der Waals surface area contributed by atoms with Crippen molar-refractivity contribution in [3.8, 4) is 0 Å². The number of hydrogen-bond donors (Lipinski definition) is 0. The zero-order valence-corrected chi connectivity index (χ0v) is 10.2. The number of carbonyl (C=O) groups excluding carboxylic acids is 1. The topological polar surface area (TPSA) is 35.5 Å². The van der Waals surface area contributed by atoms with Gasteiger partial charge in [-0.15, -0.1) is 6.58 Å². The van der Waals surface area contributed by atoms with Crippen LogP contribution in [0.1, 0.15) is 20.3 Å². The van der Waals surface area contributed by atoms with E-state index >= 15 is 0 Å². The molecular formula is C13H20O3. The van der Waals surface area contributed by atoms with Crippen molar-refractivity contribution in [2.45, 2.75) is 20.3 Å². The number of rotatable bonds is 8. The Kier molecular flexibility index (Phi) is 7.21. The van der Waals surface area contributed by atoms with Crippen LogP contribution < -0.4 is 0 Å².